The summed E-state index contributed by atoms with van der Waals surface area (Å²) in [6.45, 7) is 1.74. The number of hydrogen-bond acceptors (Lipinski definition) is 2. The van der Waals surface area contributed by atoms with E-state index in [0.29, 0.717) is 17.0 Å². The average molecular weight is 285 g/mol. The fraction of sp³-hybridized carbons (Fsp3) is 0.118. The highest BCUT2D eigenvalue weighted by Gasteiger charge is 2.03. The quantitative estimate of drug-likeness (QED) is 0.868. The maximum absolute atomic E-state index is 13.0. The first-order valence-corrected chi connectivity index (χ1v) is 6.48. The molecule has 1 N–H and O–H groups in total. The van der Waals surface area contributed by atoms with Gasteiger partial charge in [0, 0.05) is 17.3 Å². The summed E-state index contributed by atoms with van der Waals surface area (Å²) >= 11 is 0. The summed E-state index contributed by atoms with van der Waals surface area (Å²) in [5, 5.41) is 2.71. The number of carbonyl (C=O) groups is 1. The van der Waals surface area contributed by atoms with Crippen molar-refractivity contribution in [3.05, 3.63) is 65.5 Å². The summed E-state index contributed by atoms with van der Waals surface area (Å²) in [5.41, 5.74) is 2.08. The normalized spacial score (nSPS) is 10.6. The van der Waals surface area contributed by atoms with Gasteiger partial charge in [-0.1, -0.05) is 18.2 Å². The molecule has 0 aliphatic heterocycles. The highest BCUT2D eigenvalue weighted by atomic mass is 19.1. The summed E-state index contributed by atoms with van der Waals surface area (Å²) in [7, 11) is 1.58. The number of ether oxygens (including phenoxy) is 1. The molecule has 2 aromatic rings. The summed E-state index contributed by atoms with van der Waals surface area (Å²) in [5.74, 6) is 0.0881. The zero-order valence-corrected chi connectivity index (χ0v) is 11.9. The molecule has 0 radical (unpaired) electrons. The Balaban J connectivity index is 2.09. The second-order valence-corrected chi connectivity index (χ2v) is 4.52. The fourth-order valence-electron chi connectivity index (χ4n) is 1.91. The van der Waals surface area contributed by atoms with Gasteiger partial charge in [0.05, 0.1) is 7.11 Å². The lowest BCUT2D eigenvalue weighted by atomic mass is 10.1. The van der Waals surface area contributed by atoms with Crippen molar-refractivity contribution in [2.24, 2.45) is 0 Å². The maximum Gasteiger partial charge on any atom is 0.248 e. The molecule has 0 aliphatic rings. The zero-order chi connectivity index (χ0) is 15.2. The van der Waals surface area contributed by atoms with E-state index in [0.717, 1.165) is 5.56 Å². The van der Waals surface area contributed by atoms with Crippen LogP contribution in [0.4, 0.5) is 10.1 Å². The van der Waals surface area contributed by atoms with Crippen molar-refractivity contribution in [1.29, 1.82) is 0 Å². The zero-order valence-electron chi connectivity index (χ0n) is 11.9. The molecule has 2 aromatic carbocycles. The standard InChI is InChI=1S/C17H16FNO2/c1-12-11-14(18)8-9-15(12)19-17(20)10-7-13-5-3-4-6-16(13)21-2/h3-11H,1-2H3,(H,19,20)/b10-7+. The van der Waals surface area contributed by atoms with Gasteiger partial charge in [-0.05, 0) is 42.8 Å². The van der Waals surface area contributed by atoms with Crippen LogP contribution >= 0.6 is 0 Å². The highest BCUT2D eigenvalue weighted by Crippen LogP contribution is 2.19. The predicted octanol–water partition coefficient (Wildman–Crippen LogP) is 3.79. The predicted molar refractivity (Wildman–Crippen MR) is 81.8 cm³/mol. The Hall–Kier alpha value is -2.62. The molecule has 0 fully saturated rings. The van der Waals surface area contributed by atoms with Gasteiger partial charge >= 0.3 is 0 Å². The first-order chi connectivity index (χ1) is 10.1. The topological polar surface area (TPSA) is 38.3 Å². The molecule has 0 heterocycles. The van der Waals surface area contributed by atoms with E-state index >= 15 is 0 Å². The van der Waals surface area contributed by atoms with Gasteiger partial charge in [-0.3, -0.25) is 4.79 Å². The van der Waals surface area contributed by atoms with Crippen molar-refractivity contribution in [2.45, 2.75) is 6.92 Å². The number of methoxy groups -OCH3 is 1. The van der Waals surface area contributed by atoms with Crippen LogP contribution in [0.25, 0.3) is 6.08 Å². The second kappa shape index (κ2) is 6.70. The van der Waals surface area contributed by atoms with Crippen LogP contribution in [-0.2, 0) is 4.79 Å². The molecule has 21 heavy (non-hydrogen) atoms. The summed E-state index contributed by atoms with van der Waals surface area (Å²) < 4.78 is 18.2. The van der Waals surface area contributed by atoms with Crippen LogP contribution in [0, 0.1) is 12.7 Å². The molecule has 2 rings (SSSR count). The average Bonchev–Trinajstić information content (AvgIpc) is 2.48. The Morgan fingerprint density at radius 3 is 2.71 bits per heavy atom. The molecular formula is C17H16FNO2. The first-order valence-electron chi connectivity index (χ1n) is 6.48. The third-order valence-corrected chi connectivity index (χ3v) is 3.00. The number of halogens is 1. The van der Waals surface area contributed by atoms with Gasteiger partial charge in [0.15, 0.2) is 0 Å². The summed E-state index contributed by atoms with van der Waals surface area (Å²) in [6, 6.07) is 11.6. The number of anilines is 1. The fourth-order valence-corrected chi connectivity index (χ4v) is 1.91. The van der Waals surface area contributed by atoms with Gasteiger partial charge in [-0.15, -0.1) is 0 Å². The van der Waals surface area contributed by atoms with Gasteiger partial charge in [-0.2, -0.15) is 0 Å². The lowest BCUT2D eigenvalue weighted by Crippen LogP contribution is -2.09. The second-order valence-electron chi connectivity index (χ2n) is 4.52. The smallest absolute Gasteiger partial charge is 0.248 e. The molecule has 1 amide bonds. The summed E-state index contributed by atoms with van der Waals surface area (Å²) in [4.78, 5) is 11.9. The van der Waals surface area contributed by atoms with E-state index in [4.69, 9.17) is 4.74 Å². The monoisotopic (exact) mass is 285 g/mol. The molecular weight excluding hydrogens is 269 g/mol. The van der Waals surface area contributed by atoms with Crippen LogP contribution in [-0.4, -0.2) is 13.0 Å². The van der Waals surface area contributed by atoms with E-state index in [1.54, 1.807) is 26.2 Å². The minimum Gasteiger partial charge on any atom is -0.496 e. The number of benzene rings is 2. The lowest BCUT2D eigenvalue weighted by molar-refractivity contribution is -0.111. The SMILES string of the molecule is COc1ccccc1/C=C/C(=O)Nc1ccc(F)cc1C. The van der Waals surface area contributed by atoms with Gasteiger partial charge < -0.3 is 10.1 Å². The molecule has 0 unspecified atom stereocenters. The van der Waals surface area contributed by atoms with E-state index in [-0.39, 0.29) is 11.7 Å². The number of rotatable bonds is 4. The van der Waals surface area contributed by atoms with Crippen LogP contribution in [0.5, 0.6) is 5.75 Å². The molecule has 0 spiro atoms. The Morgan fingerprint density at radius 2 is 2.00 bits per heavy atom. The lowest BCUT2D eigenvalue weighted by Gasteiger charge is -2.06. The Labute approximate surface area is 123 Å². The molecule has 0 aromatic heterocycles. The van der Waals surface area contributed by atoms with Crippen LogP contribution < -0.4 is 10.1 Å². The minimum absolute atomic E-state index is 0.282. The molecule has 0 bridgehead atoms. The van der Waals surface area contributed by atoms with Crippen LogP contribution in [0.1, 0.15) is 11.1 Å². The molecule has 3 nitrogen and oxygen atoms in total. The third-order valence-electron chi connectivity index (χ3n) is 3.00. The van der Waals surface area contributed by atoms with Crippen molar-refractivity contribution in [3.8, 4) is 5.75 Å². The number of carbonyl (C=O) groups excluding carboxylic acids is 1. The molecule has 0 saturated carbocycles. The number of aryl methyl sites for hydroxylation is 1. The largest absolute Gasteiger partial charge is 0.496 e. The van der Waals surface area contributed by atoms with Crippen LogP contribution in [0.15, 0.2) is 48.5 Å². The van der Waals surface area contributed by atoms with E-state index in [9.17, 15) is 9.18 Å². The number of hydrogen-bond donors (Lipinski definition) is 1. The van der Waals surface area contributed by atoms with Gasteiger partial charge in [0.25, 0.3) is 0 Å². The minimum atomic E-state index is -0.324. The number of nitrogens with one attached hydrogen (secondary N) is 1. The van der Waals surface area contributed by atoms with E-state index in [2.05, 4.69) is 5.32 Å². The van der Waals surface area contributed by atoms with Crippen molar-refractivity contribution >= 4 is 17.7 Å². The molecule has 0 atom stereocenters. The van der Waals surface area contributed by atoms with Crippen molar-refractivity contribution in [2.75, 3.05) is 12.4 Å². The molecule has 0 aliphatic carbocycles. The highest BCUT2D eigenvalue weighted by molar-refractivity contribution is 6.02. The van der Waals surface area contributed by atoms with Crippen molar-refractivity contribution in [3.63, 3.8) is 0 Å². The molecule has 108 valence electrons. The van der Waals surface area contributed by atoms with Gasteiger partial charge in [0.2, 0.25) is 5.91 Å². The number of amides is 1. The maximum atomic E-state index is 13.0. The summed E-state index contributed by atoms with van der Waals surface area (Å²) in [6.07, 6.45) is 3.09. The van der Waals surface area contributed by atoms with Crippen molar-refractivity contribution in [1.82, 2.24) is 0 Å². The van der Waals surface area contributed by atoms with Crippen LogP contribution in [0.3, 0.4) is 0 Å². The van der Waals surface area contributed by atoms with E-state index in [1.165, 1.54) is 18.2 Å². The van der Waals surface area contributed by atoms with Crippen LogP contribution in [0.2, 0.25) is 0 Å². The Morgan fingerprint density at radius 1 is 1.24 bits per heavy atom. The molecule has 4 heteroatoms. The Bertz CT molecular complexity index is 680. The molecule has 0 saturated heterocycles. The van der Waals surface area contributed by atoms with Crippen molar-refractivity contribution < 1.29 is 13.9 Å². The third kappa shape index (κ3) is 3.92. The first kappa shape index (κ1) is 14.8. The van der Waals surface area contributed by atoms with E-state index < -0.39 is 0 Å². The van der Waals surface area contributed by atoms with E-state index in [1.807, 2.05) is 24.3 Å². The Kier molecular flexibility index (Phi) is 4.72. The number of para-hydroxylation sites is 1. The van der Waals surface area contributed by atoms with Gasteiger partial charge in [0.1, 0.15) is 11.6 Å². The van der Waals surface area contributed by atoms with Gasteiger partial charge in [-0.25, -0.2) is 4.39 Å².